The van der Waals surface area contributed by atoms with Gasteiger partial charge in [-0.25, -0.2) is 0 Å². The van der Waals surface area contributed by atoms with Crippen molar-refractivity contribution < 1.29 is 9.90 Å². The summed E-state index contributed by atoms with van der Waals surface area (Å²) in [6, 6.07) is 3.76. The van der Waals surface area contributed by atoms with E-state index < -0.39 is 5.97 Å². The van der Waals surface area contributed by atoms with Crippen LogP contribution >= 0.6 is 0 Å². The van der Waals surface area contributed by atoms with Crippen LogP contribution in [-0.2, 0) is 32.0 Å². The number of aliphatic carboxylic acids is 1. The lowest BCUT2D eigenvalue weighted by Crippen LogP contribution is -2.29. The molecule has 0 radical (unpaired) electrons. The number of nitrogens with zero attached hydrogens (tertiary/aromatic N) is 5. The molecule has 0 atom stereocenters. The smallest absolute Gasteiger partial charge is 0.317 e. The van der Waals surface area contributed by atoms with Gasteiger partial charge in [0, 0.05) is 39.6 Å². The first-order valence-corrected chi connectivity index (χ1v) is 5.94. The van der Waals surface area contributed by atoms with Crippen LogP contribution in [0.2, 0.25) is 0 Å². The molecular formula is C12H17N5O2. The molecule has 0 unspecified atom stereocenters. The molecule has 7 heteroatoms. The number of hydrogen-bond acceptors (Lipinski definition) is 4. The lowest BCUT2D eigenvalue weighted by Gasteiger charge is -2.17. The Morgan fingerprint density at radius 3 is 1.95 bits per heavy atom. The maximum atomic E-state index is 10.9. The second-order valence-electron chi connectivity index (χ2n) is 4.50. The van der Waals surface area contributed by atoms with Gasteiger partial charge in [-0.05, 0) is 12.1 Å². The normalized spacial score (nSPS) is 11.1. The van der Waals surface area contributed by atoms with Crippen LogP contribution < -0.4 is 0 Å². The number of aromatic nitrogens is 4. The quantitative estimate of drug-likeness (QED) is 0.808. The van der Waals surface area contributed by atoms with E-state index in [0.29, 0.717) is 13.1 Å². The predicted molar refractivity (Wildman–Crippen MR) is 68.2 cm³/mol. The number of hydrogen-bond donors (Lipinski definition) is 1. The molecular weight excluding hydrogens is 246 g/mol. The standard InChI is InChI=1S/C12H17N5O2/c1-15-5-3-10(13-15)7-17(9-12(18)19)8-11-4-6-16(2)14-11/h3-6H,7-9H2,1-2H3,(H,18,19). The van der Waals surface area contributed by atoms with Gasteiger partial charge in [0.25, 0.3) is 0 Å². The molecule has 0 fully saturated rings. The highest BCUT2D eigenvalue weighted by molar-refractivity contribution is 5.69. The number of rotatable bonds is 6. The first kappa shape index (κ1) is 13.3. The summed E-state index contributed by atoms with van der Waals surface area (Å²) < 4.78 is 3.41. The van der Waals surface area contributed by atoms with Crippen molar-refractivity contribution in [1.82, 2.24) is 24.5 Å². The molecule has 0 spiro atoms. The minimum Gasteiger partial charge on any atom is -0.480 e. The maximum absolute atomic E-state index is 10.9. The summed E-state index contributed by atoms with van der Waals surface area (Å²) in [7, 11) is 3.67. The molecule has 0 aliphatic carbocycles. The molecule has 2 rings (SSSR count). The van der Waals surface area contributed by atoms with Gasteiger partial charge < -0.3 is 5.11 Å². The monoisotopic (exact) mass is 263 g/mol. The second-order valence-corrected chi connectivity index (χ2v) is 4.50. The Morgan fingerprint density at radius 2 is 1.63 bits per heavy atom. The first-order chi connectivity index (χ1) is 9.02. The molecule has 0 aromatic carbocycles. The zero-order valence-electron chi connectivity index (χ0n) is 11.0. The van der Waals surface area contributed by atoms with Gasteiger partial charge in [-0.15, -0.1) is 0 Å². The average molecular weight is 263 g/mol. The Kier molecular flexibility index (Phi) is 3.96. The zero-order chi connectivity index (χ0) is 13.8. The van der Waals surface area contributed by atoms with E-state index in [-0.39, 0.29) is 6.54 Å². The fourth-order valence-electron chi connectivity index (χ4n) is 1.91. The highest BCUT2D eigenvalue weighted by Gasteiger charge is 2.13. The van der Waals surface area contributed by atoms with Crippen molar-refractivity contribution in [2.24, 2.45) is 14.1 Å². The Bertz CT molecular complexity index is 518. The molecule has 1 N–H and O–H groups in total. The second kappa shape index (κ2) is 5.66. The number of carboxylic acid groups (broad SMARTS) is 1. The van der Waals surface area contributed by atoms with Crippen molar-refractivity contribution in [3.8, 4) is 0 Å². The van der Waals surface area contributed by atoms with E-state index in [1.807, 2.05) is 38.6 Å². The van der Waals surface area contributed by atoms with Gasteiger partial charge in [0.15, 0.2) is 0 Å². The van der Waals surface area contributed by atoms with Gasteiger partial charge in [-0.1, -0.05) is 0 Å². The molecule has 0 aliphatic rings. The molecule has 19 heavy (non-hydrogen) atoms. The van der Waals surface area contributed by atoms with Crippen LogP contribution in [0.15, 0.2) is 24.5 Å². The van der Waals surface area contributed by atoms with Crippen LogP contribution in [-0.4, -0.2) is 42.1 Å². The van der Waals surface area contributed by atoms with E-state index in [1.54, 1.807) is 14.3 Å². The van der Waals surface area contributed by atoms with Crippen molar-refractivity contribution in [1.29, 1.82) is 0 Å². The summed E-state index contributed by atoms with van der Waals surface area (Å²) >= 11 is 0. The summed E-state index contributed by atoms with van der Waals surface area (Å²) in [5, 5.41) is 17.5. The Balaban J connectivity index is 2.04. The van der Waals surface area contributed by atoms with Crippen LogP contribution in [0.25, 0.3) is 0 Å². The summed E-state index contributed by atoms with van der Waals surface area (Å²) in [6.45, 7) is 0.945. The third-order valence-corrected chi connectivity index (χ3v) is 2.67. The van der Waals surface area contributed by atoms with E-state index in [2.05, 4.69) is 10.2 Å². The lowest BCUT2D eigenvalue weighted by atomic mass is 10.3. The maximum Gasteiger partial charge on any atom is 0.317 e. The molecule has 0 bridgehead atoms. The first-order valence-electron chi connectivity index (χ1n) is 5.94. The zero-order valence-corrected chi connectivity index (χ0v) is 11.0. The fraction of sp³-hybridized carbons (Fsp3) is 0.417. The van der Waals surface area contributed by atoms with Crippen molar-refractivity contribution in [2.75, 3.05) is 6.54 Å². The Labute approximate surface area is 111 Å². The van der Waals surface area contributed by atoms with E-state index in [0.717, 1.165) is 11.4 Å². The van der Waals surface area contributed by atoms with Gasteiger partial charge in [-0.2, -0.15) is 10.2 Å². The molecule has 7 nitrogen and oxygen atoms in total. The lowest BCUT2D eigenvalue weighted by molar-refractivity contribution is -0.138. The van der Waals surface area contributed by atoms with Crippen molar-refractivity contribution in [2.45, 2.75) is 13.1 Å². The number of carbonyl (C=O) groups is 1. The van der Waals surface area contributed by atoms with E-state index >= 15 is 0 Å². The van der Waals surface area contributed by atoms with Crippen LogP contribution in [0.1, 0.15) is 11.4 Å². The topological polar surface area (TPSA) is 76.2 Å². The largest absolute Gasteiger partial charge is 0.480 e. The Morgan fingerprint density at radius 1 is 1.16 bits per heavy atom. The van der Waals surface area contributed by atoms with Crippen molar-refractivity contribution in [3.63, 3.8) is 0 Å². The van der Waals surface area contributed by atoms with Crippen LogP contribution in [0.4, 0.5) is 0 Å². The van der Waals surface area contributed by atoms with Crippen LogP contribution in [0.3, 0.4) is 0 Å². The molecule has 2 aromatic rings. The summed E-state index contributed by atoms with van der Waals surface area (Å²) in [5.74, 6) is -0.855. The molecule has 0 aliphatic heterocycles. The summed E-state index contributed by atoms with van der Waals surface area (Å²) in [5.41, 5.74) is 1.69. The molecule has 2 heterocycles. The van der Waals surface area contributed by atoms with Crippen LogP contribution in [0.5, 0.6) is 0 Å². The molecule has 102 valence electrons. The minimum absolute atomic E-state index is 0.0346. The highest BCUT2D eigenvalue weighted by atomic mass is 16.4. The third-order valence-electron chi connectivity index (χ3n) is 2.67. The highest BCUT2D eigenvalue weighted by Crippen LogP contribution is 2.06. The van der Waals surface area contributed by atoms with E-state index in [9.17, 15) is 4.79 Å². The third kappa shape index (κ3) is 3.92. The van der Waals surface area contributed by atoms with Crippen LogP contribution in [0, 0.1) is 0 Å². The van der Waals surface area contributed by atoms with Gasteiger partial charge in [-0.3, -0.25) is 19.1 Å². The molecule has 0 saturated heterocycles. The summed E-state index contributed by atoms with van der Waals surface area (Å²) in [6.07, 6.45) is 3.68. The SMILES string of the molecule is Cn1ccc(CN(CC(=O)O)Cc2ccn(C)n2)n1. The Hall–Kier alpha value is -2.15. The predicted octanol–water partition coefficient (Wildman–Crippen LogP) is 0.240. The molecule has 0 amide bonds. The van der Waals surface area contributed by atoms with Gasteiger partial charge in [0.1, 0.15) is 0 Å². The molecule has 0 saturated carbocycles. The fourth-order valence-corrected chi connectivity index (χ4v) is 1.91. The number of carboxylic acids is 1. The van der Waals surface area contributed by atoms with Crippen molar-refractivity contribution in [3.05, 3.63) is 35.9 Å². The van der Waals surface area contributed by atoms with Gasteiger partial charge in [0.2, 0.25) is 0 Å². The van der Waals surface area contributed by atoms with E-state index in [1.165, 1.54) is 0 Å². The molecule has 2 aromatic heterocycles. The van der Waals surface area contributed by atoms with Crippen molar-refractivity contribution >= 4 is 5.97 Å². The minimum atomic E-state index is -0.855. The van der Waals surface area contributed by atoms with Gasteiger partial charge in [0.05, 0.1) is 17.9 Å². The number of aryl methyl sites for hydroxylation is 2. The average Bonchev–Trinajstić information content (AvgIpc) is 2.87. The van der Waals surface area contributed by atoms with Gasteiger partial charge >= 0.3 is 5.97 Å². The summed E-state index contributed by atoms with van der Waals surface area (Å²) in [4.78, 5) is 12.7. The van der Waals surface area contributed by atoms with E-state index in [4.69, 9.17) is 5.11 Å².